The summed E-state index contributed by atoms with van der Waals surface area (Å²) in [6.07, 6.45) is 10.5. The van der Waals surface area contributed by atoms with Crippen LogP contribution in [0, 0.1) is 0 Å². The van der Waals surface area contributed by atoms with Crippen molar-refractivity contribution in [2.24, 2.45) is 0 Å². The molecule has 0 saturated heterocycles. The van der Waals surface area contributed by atoms with Crippen molar-refractivity contribution in [3.05, 3.63) is 12.2 Å². The summed E-state index contributed by atoms with van der Waals surface area (Å²) in [5.74, 6) is -0.0943. The molecule has 0 spiro atoms. The Morgan fingerprint density at radius 1 is 1.20 bits per heavy atom. The number of unbranched alkanes of at least 4 members (excludes halogenated alkanes) is 3. The van der Waals surface area contributed by atoms with Crippen LogP contribution in [0.15, 0.2) is 12.2 Å². The first-order valence-corrected chi connectivity index (χ1v) is 6.01. The van der Waals surface area contributed by atoms with Crippen molar-refractivity contribution in [3.63, 3.8) is 0 Å². The zero-order valence-electron chi connectivity index (χ0n) is 10.3. The minimum Gasteiger partial charge on any atom is -0.463 e. The molecule has 0 aliphatic carbocycles. The summed E-state index contributed by atoms with van der Waals surface area (Å²) < 4.78 is 5.02. The van der Waals surface area contributed by atoms with Crippen LogP contribution in [0.4, 0.5) is 0 Å². The van der Waals surface area contributed by atoms with Gasteiger partial charge in [-0.3, -0.25) is 4.79 Å². The second-order valence-corrected chi connectivity index (χ2v) is 4.04. The van der Waals surface area contributed by atoms with Crippen molar-refractivity contribution in [2.45, 2.75) is 65.4 Å². The van der Waals surface area contributed by atoms with Gasteiger partial charge in [-0.15, -0.1) is 0 Å². The highest BCUT2D eigenvalue weighted by Gasteiger charge is 2.02. The third-order valence-electron chi connectivity index (χ3n) is 2.02. The highest BCUT2D eigenvalue weighted by atomic mass is 16.5. The maximum atomic E-state index is 11.1. The lowest BCUT2D eigenvalue weighted by atomic mass is 10.2. The Morgan fingerprint density at radius 2 is 1.87 bits per heavy atom. The summed E-state index contributed by atoms with van der Waals surface area (Å²) in [7, 11) is 0. The Hall–Kier alpha value is -0.790. The third kappa shape index (κ3) is 11.1. The van der Waals surface area contributed by atoms with E-state index in [2.05, 4.69) is 19.1 Å². The second-order valence-electron chi connectivity index (χ2n) is 4.04. The van der Waals surface area contributed by atoms with E-state index in [-0.39, 0.29) is 12.1 Å². The van der Waals surface area contributed by atoms with Crippen molar-refractivity contribution in [1.29, 1.82) is 0 Å². The molecule has 0 amide bonds. The molecule has 0 fully saturated rings. The van der Waals surface area contributed by atoms with Crippen LogP contribution >= 0.6 is 0 Å². The number of ether oxygens (including phenoxy) is 1. The molecule has 0 aliphatic heterocycles. The van der Waals surface area contributed by atoms with Gasteiger partial charge in [-0.1, -0.05) is 31.9 Å². The summed E-state index contributed by atoms with van der Waals surface area (Å²) in [6, 6.07) is 0. The van der Waals surface area contributed by atoms with E-state index in [1.165, 1.54) is 19.3 Å². The van der Waals surface area contributed by atoms with Gasteiger partial charge in [0.15, 0.2) is 0 Å². The van der Waals surface area contributed by atoms with E-state index in [0.29, 0.717) is 6.42 Å². The molecule has 0 aromatic carbocycles. The van der Waals surface area contributed by atoms with Gasteiger partial charge in [0.05, 0.1) is 6.10 Å². The van der Waals surface area contributed by atoms with Crippen LogP contribution in [0.2, 0.25) is 0 Å². The van der Waals surface area contributed by atoms with Crippen molar-refractivity contribution in [3.8, 4) is 0 Å². The minimum atomic E-state index is -0.0943. The van der Waals surface area contributed by atoms with E-state index in [1.807, 2.05) is 13.8 Å². The fourth-order valence-corrected chi connectivity index (χ4v) is 1.27. The minimum absolute atomic E-state index is 0.00559. The van der Waals surface area contributed by atoms with Gasteiger partial charge in [-0.05, 0) is 33.1 Å². The molecular formula is C13H24O2. The molecule has 0 aromatic rings. The Kier molecular flexibility index (Phi) is 9.24. The lowest BCUT2D eigenvalue weighted by Gasteiger charge is -2.05. The smallest absolute Gasteiger partial charge is 0.306 e. The van der Waals surface area contributed by atoms with Crippen LogP contribution in [-0.2, 0) is 9.53 Å². The number of hydrogen-bond acceptors (Lipinski definition) is 2. The Bertz CT molecular complexity index is 183. The van der Waals surface area contributed by atoms with Crippen LogP contribution in [-0.4, -0.2) is 12.1 Å². The van der Waals surface area contributed by atoms with Gasteiger partial charge in [0, 0.05) is 6.42 Å². The maximum absolute atomic E-state index is 11.1. The first-order valence-electron chi connectivity index (χ1n) is 6.01. The van der Waals surface area contributed by atoms with Gasteiger partial charge < -0.3 is 4.74 Å². The zero-order valence-corrected chi connectivity index (χ0v) is 10.3. The fourth-order valence-electron chi connectivity index (χ4n) is 1.27. The molecule has 0 unspecified atom stereocenters. The van der Waals surface area contributed by atoms with Gasteiger partial charge in [0.1, 0.15) is 0 Å². The second kappa shape index (κ2) is 9.75. The van der Waals surface area contributed by atoms with E-state index in [1.54, 1.807) is 0 Å². The quantitative estimate of drug-likeness (QED) is 0.347. The Balaban J connectivity index is 3.32. The normalized spacial score (nSPS) is 11.2. The molecule has 2 heteroatoms. The highest BCUT2D eigenvalue weighted by Crippen LogP contribution is 2.02. The lowest BCUT2D eigenvalue weighted by molar-refractivity contribution is -0.147. The van der Waals surface area contributed by atoms with Gasteiger partial charge in [-0.25, -0.2) is 0 Å². The third-order valence-corrected chi connectivity index (χ3v) is 2.02. The summed E-state index contributed by atoms with van der Waals surface area (Å²) in [6.45, 7) is 5.95. The topological polar surface area (TPSA) is 26.3 Å². The first-order chi connectivity index (χ1) is 7.16. The fraction of sp³-hybridized carbons (Fsp3) is 0.769. The van der Waals surface area contributed by atoms with Crippen LogP contribution in [0.1, 0.15) is 59.3 Å². The predicted octanol–water partition coefficient (Wildman–Crippen LogP) is 3.85. The zero-order chi connectivity index (χ0) is 11.5. The van der Waals surface area contributed by atoms with Crippen LogP contribution in [0.5, 0.6) is 0 Å². The van der Waals surface area contributed by atoms with Crippen molar-refractivity contribution in [2.75, 3.05) is 0 Å². The van der Waals surface area contributed by atoms with Crippen LogP contribution in [0.3, 0.4) is 0 Å². The largest absolute Gasteiger partial charge is 0.463 e. The van der Waals surface area contributed by atoms with Gasteiger partial charge in [-0.2, -0.15) is 0 Å². The van der Waals surface area contributed by atoms with E-state index in [0.717, 1.165) is 12.8 Å². The summed E-state index contributed by atoms with van der Waals surface area (Å²) in [5.41, 5.74) is 0. The molecule has 0 rings (SSSR count). The molecule has 0 heterocycles. The van der Waals surface area contributed by atoms with E-state index in [4.69, 9.17) is 4.74 Å². The molecular weight excluding hydrogens is 188 g/mol. The van der Waals surface area contributed by atoms with Crippen molar-refractivity contribution >= 4 is 5.97 Å². The number of esters is 1. The first kappa shape index (κ1) is 14.2. The lowest BCUT2D eigenvalue weighted by Crippen LogP contribution is -2.10. The van der Waals surface area contributed by atoms with E-state index < -0.39 is 0 Å². The van der Waals surface area contributed by atoms with E-state index in [9.17, 15) is 4.79 Å². The Labute approximate surface area is 93.7 Å². The van der Waals surface area contributed by atoms with E-state index >= 15 is 0 Å². The summed E-state index contributed by atoms with van der Waals surface area (Å²) >= 11 is 0. The summed E-state index contributed by atoms with van der Waals surface area (Å²) in [5, 5.41) is 0. The molecule has 88 valence electrons. The molecule has 0 saturated carbocycles. The number of carbonyl (C=O) groups is 1. The molecule has 0 aromatic heterocycles. The molecule has 2 nitrogen and oxygen atoms in total. The number of hydrogen-bond donors (Lipinski definition) is 0. The number of carbonyl (C=O) groups excluding carboxylic acids is 1. The monoisotopic (exact) mass is 212 g/mol. The standard InChI is InChI=1S/C13H24O2/c1-4-5-6-7-8-9-10-11-13(14)15-12(2)3/h8-9,12H,4-7,10-11H2,1-3H3/b9-8+. The van der Waals surface area contributed by atoms with Crippen LogP contribution in [0.25, 0.3) is 0 Å². The predicted molar refractivity (Wildman–Crippen MR) is 63.7 cm³/mol. The van der Waals surface area contributed by atoms with Gasteiger partial charge in [0.25, 0.3) is 0 Å². The Morgan fingerprint density at radius 3 is 2.47 bits per heavy atom. The average molecular weight is 212 g/mol. The molecule has 0 radical (unpaired) electrons. The molecule has 0 N–H and O–H groups in total. The molecule has 0 atom stereocenters. The van der Waals surface area contributed by atoms with Crippen molar-refractivity contribution < 1.29 is 9.53 Å². The summed E-state index contributed by atoms with van der Waals surface area (Å²) in [4.78, 5) is 11.1. The number of rotatable bonds is 8. The number of allylic oxidation sites excluding steroid dienone is 2. The SMILES string of the molecule is CCCCC/C=C/CCC(=O)OC(C)C. The molecule has 0 bridgehead atoms. The van der Waals surface area contributed by atoms with Gasteiger partial charge in [0.2, 0.25) is 0 Å². The van der Waals surface area contributed by atoms with Crippen molar-refractivity contribution in [1.82, 2.24) is 0 Å². The average Bonchev–Trinajstić information content (AvgIpc) is 2.15. The molecule has 15 heavy (non-hydrogen) atoms. The maximum Gasteiger partial charge on any atom is 0.306 e. The van der Waals surface area contributed by atoms with Crippen LogP contribution < -0.4 is 0 Å². The van der Waals surface area contributed by atoms with Gasteiger partial charge >= 0.3 is 5.97 Å². The molecule has 0 aliphatic rings. The highest BCUT2D eigenvalue weighted by molar-refractivity contribution is 5.69.